The monoisotopic (exact) mass is 341 g/mol. The number of likely N-dealkylation sites (N-methyl/N-ethyl adjacent to an activating group) is 1. The summed E-state index contributed by atoms with van der Waals surface area (Å²) in [5, 5.41) is 6.84. The van der Waals surface area contributed by atoms with Gasteiger partial charge in [-0.3, -0.25) is 10.1 Å². The normalized spacial score (nSPS) is 19.6. The Hall–Kier alpha value is -2.73. The minimum atomic E-state index is -0.639. The smallest absolute Gasteiger partial charge is 0.237 e. The number of nitrogens with one attached hydrogen (secondary N) is 3. The van der Waals surface area contributed by atoms with Crippen molar-refractivity contribution in [3.05, 3.63) is 70.9 Å². The number of carbonyl (C=O) groups excluding carboxylic acids is 1. The van der Waals surface area contributed by atoms with E-state index in [4.69, 9.17) is 0 Å². The standard InChI is InChI=1S/C19H17F2N3O/c1-22-19(25)16-9-13-11-4-2-3-5-15(11)23-18(13)17(24-16)12-7-6-10(20)8-14(12)21/h2-8,16-17,23-24H,9H2,1H3,(H,22,25)/t16-,17-/m0/s1. The molecular weight excluding hydrogens is 324 g/mol. The van der Waals surface area contributed by atoms with Crippen molar-refractivity contribution in [3.8, 4) is 0 Å². The molecular formula is C19H17F2N3O. The van der Waals surface area contributed by atoms with E-state index >= 15 is 0 Å². The molecule has 4 nitrogen and oxygen atoms in total. The van der Waals surface area contributed by atoms with E-state index in [1.165, 1.54) is 12.1 Å². The lowest BCUT2D eigenvalue weighted by atomic mass is 9.90. The third-order valence-electron chi connectivity index (χ3n) is 4.75. The molecule has 2 aromatic carbocycles. The number of hydrogen-bond acceptors (Lipinski definition) is 2. The van der Waals surface area contributed by atoms with Crippen molar-refractivity contribution >= 4 is 16.8 Å². The third-order valence-corrected chi connectivity index (χ3v) is 4.75. The molecule has 0 unspecified atom stereocenters. The molecule has 0 saturated heterocycles. The molecule has 0 saturated carbocycles. The van der Waals surface area contributed by atoms with Crippen LogP contribution in [0.1, 0.15) is 22.9 Å². The van der Waals surface area contributed by atoms with Crippen LogP contribution in [0.5, 0.6) is 0 Å². The van der Waals surface area contributed by atoms with E-state index in [1.54, 1.807) is 7.05 Å². The van der Waals surface area contributed by atoms with Crippen LogP contribution in [-0.4, -0.2) is 24.0 Å². The molecule has 25 heavy (non-hydrogen) atoms. The lowest BCUT2D eigenvalue weighted by molar-refractivity contribution is -0.122. The number of carbonyl (C=O) groups is 1. The van der Waals surface area contributed by atoms with Crippen molar-refractivity contribution in [2.45, 2.75) is 18.5 Å². The van der Waals surface area contributed by atoms with Gasteiger partial charge in [0.2, 0.25) is 5.91 Å². The van der Waals surface area contributed by atoms with E-state index < -0.39 is 23.7 Å². The summed E-state index contributed by atoms with van der Waals surface area (Å²) in [5.41, 5.74) is 3.03. The highest BCUT2D eigenvalue weighted by Gasteiger charge is 2.34. The molecule has 2 heterocycles. The van der Waals surface area contributed by atoms with Crippen molar-refractivity contribution in [3.63, 3.8) is 0 Å². The number of H-pyrrole nitrogens is 1. The van der Waals surface area contributed by atoms with Crippen LogP contribution in [0.4, 0.5) is 8.78 Å². The second kappa shape index (κ2) is 5.97. The average Bonchev–Trinajstić information content (AvgIpc) is 2.99. The average molecular weight is 341 g/mol. The van der Waals surface area contributed by atoms with Crippen LogP contribution < -0.4 is 10.6 Å². The highest BCUT2D eigenvalue weighted by molar-refractivity contribution is 5.88. The Morgan fingerprint density at radius 1 is 1.20 bits per heavy atom. The van der Waals surface area contributed by atoms with Gasteiger partial charge in [-0.25, -0.2) is 8.78 Å². The molecule has 1 aliphatic heterocycles. The van der Waals surface area contributed by atoms with Crippen LogP contribution in [0.25, 0.3) is 10.9 Å². The molecule has 128 valence electrons. The number of rotatable bonds is 2. The van der Waals surface area contributed by atoms with Gasteiger partial charge in [-0.05, 0) is 24.1 Å². The van der Waals surface area contributed by atoms with Gasteiger partial charge in [0.15, 0.2) is 0 Å². The fourth-order valence-corrected chi connectivity index (χ4v) is 3.56. The summed E-state index contributed by atoms with van der Waals surface area (Å²) in [5.74, 6) is -1.43. The van der Waals surface area contributed by atoms with E-state index in [9.17, 15) is 13.6 Å². The van der Waals surface area contributed by atoms with Crippen LogP contribution in [0.3, 0.4) is 0 Å². The Labute approximate surface area is 143 Å². The maximum absolute atomic E-state index is 14.4. The summed E-state index contributed by atoms with van der Waals surface area (Å²) in [6, 6.07) is 10.2. The van der Waals surface area contributed by atoms with E-state index in [0.29, 0.717) is 12.0 Å². The zero-order valence-electron chi connectivity index (χ0n) is 13.6. The van der Waals surface area contributed by atoms with Crippen molar-refractivity contribution in [1.29, 1.82) is 0 Å². The minimum Gasteiger partial charge on any atom is -0.358 e. The number of benzene rings is 2. The zero-order chi connectivity index (χ0) is 17.6. The Morgan fingerprint density at radius 2 is 2.00 bits per heavy atom. The van der Waals surface area contributed by atoms with Gasteiger partial charge in [0.05, 0.1) is 12.1 Å². The van der Waals surface area contributed by atoms with E-state index in [0.717, 1.165) is 28.2 Å². The summed E-state index contributed by atoms with van der Waals surface area (Å²) < 4.78 is 27.7. The van der Waals surface area contributed by atoms with Crippen molar-refractivity contribution in [2.75, 3.05) is 7.05 Å². The first-order chi connectivity index (χ1) is 12.1. The SMILES string of the molecule is CNC(=O)[C@@H]1Cc2c([nH]c3ccccc23)[C@H](c2ccc(F)cc2F)N1. The van der Waals surface area contributed by atoms with Gasteiger partial charge in [0.1, 0.15) is 11.6 Å². The highest BCUT2D eigenvalue weighted by Crippen LogP contribution is 2.36. The van der Waals surface area contributed by atoms with Gasteiger partial charge in [-0.15, -0.1) is 0 Å². The molecule has 3 aromatic rings. The van der Waals surface area contributed by atoms with E-state index in [1.807, 2.05) is 24.3 Å². The second-order valence-electron chi connectivity index (χ2n) is 6.20. The molecule has 1 aliphatic rings. The number of para-hydroxylation sites is 1. The van der Waals surface area contributed by atoms with E-state index in [-0.39, 0.29) is 5.91 Å². The second-order valence-corrected chi connectivity index (χ2v) is 6.20. The molecule has 0 radical (unpaired) electrons. The number of amides is 1. The highest BCUT2D eigenvalue weighted by atomic mass is 19.1. The fraction of sp³-hybridized carbons (Fsp3) is 0.211. The molecule has 6 heteroatoms. The lowest BCUT2D eigenvalue weighted by Crippen LogP contribution is -2.49. The Morgan fingerprint density at radius 3 is 2.76 bits per heavy atom. The van der Waals surface area contributed by atoms with Gasteiger partial charge >= 0.3 is 0 Å². The summed E-state index contributed by atoms with van der Waals surface area (Å²) >= 11 is 0. The molecule has 1 aromatic heterocycles. The number of hydrogen-bond donors (Lipinski definition) is 3. The van der Waals surface area contributed by atoms with Gasteiger partial charge in [0.25, 0.3) is 0 Å². The minimum absolute atomic E-state index is 0.163. The maximum Gasteiger partial charge on any atom is 0.237 e. The van der Waals surface area contributed by atoms with Gasteiger partial charge in [-0.2, -0.15) is 0 Å². The summed E-state index contributed by atoms with van der Waals surface area (Å²) in [7, 11) is 1.57. The van der Waals surface area contributed by atoms with Crippen molar-refractivity contribution < 1.29 is 13.6 Å². The van der Waals surface area contributed by atoms with Crippen molar-refractivity contribution in [1.82, 2.24) is 15.6 Å². The van der Waals surface area contributed by atoms with Crippen molar-refractivity contribution in [2.24, 2.45) is 0 Å². The molecule has 3 N–H and O–H groups in total. The maximum atomic E-state index is 14.4. The predicted molar refractivity (Wildman–Crippen MR) is 91.2 cm³/mol. The largest absolute Gasteiger partial charge is 0.358 e. The number of halogens is 2. The summed E-state index contributed by atoms with van der Waals surface area (Å²) in [6.45, 7) is 0. The Bertz CT molecular complexity index is 966. The zero-order valence-corrected chi connectivity index (χ0v) is 13.6. The van der Waals surface area contributed by atoms with E-state index in [2.05, 4.69) is 15.6 Å². The molecule has 1 amide bonds. The quantitative estimate of drug-likeness (QED) is 0.671. The number of aromatic nitrogens is 1. The van der Waals surface area contributed by atoms with Gasteiger partial charge < -0.3 is 10.3 Å². The third kappa shape index (κ3) is 2.59. The van der Waals surface area contributed by atoms with Crippen LogP contribution in [-0.2, 0) is 11.2 Å². The first-order valence-electron chi connectivity index (χ1n) is 8.10. The predicted octanol–water partition coefficient (Wildman–Crippen LogP) is 2.80. The molecule has 0 aliphatic carbocycles. The molecule has 0 bridgehead atoms. The summed E-state index contributed by atoms with van der Waals surface area (Å²) in [6.07, 6.45) is 0.498. The number of aromatic amines is 1. The molecule has 4 rings (SSSR count). The topological polar surface area (TPSA) is 56.9 Å². The van der Waals surface area contributed by atoms with Crippen LogP contribution in [0.2, 0.25) is 0 Å². The molecule has 0 fully saturated rings. The van der Waals surface area contributed by atoms with Crippen LogP contribution in [0, 0.1) is 11.6 Å². The number of fused-ring (bicyclic) bond motifs is 3. The van der Waals surface area contributed by atoms with Gasteiger partial charge in [-0.1, -0.05) is 24.3 Å². The Kier molecular flexibility index (Phi) is 3.77. The fourth-order valence-electron chi connectivity index (χ4n) is 3.56. The first kappa shape index (κ1) is 15.8. The van der Waals surface area contributed by atoms with Crippen LogP contribution >= 0.6 is 0 Å². The van der Waals surface area contributed by atoms with Crippen LogP contribution in [0.15, 0.2) is 42.5 Å². The molecule has 2 atom stereocenters. The first-order valence-corrected chi connectivity index (χ1v) is 8.10. The lowest BCUT2D eigenvalue weighted by Gasteiger charge is -2.31. The Balaban J connectivity index is 1.90. The summed E-state index contributed by atoms with van der Waals surface area (Å²) in [4.78, 5) is 15.5. The molecule has 0 spiro atoms. The van der Waals surface area contributed by atoms with Gasteiger partial charge in [0, 0.05) is 35.3 Å².